The van der Waals surface area contributed by atoms with Crippen LogP contribution < -0.4 is 10.6 Å². The SMILES string of the molecule is c1ccc(C[C@@H]2COC(c3cccc(C4N[C@H](Cc5ccccc5)CO4)n3)N2)cc1. The Bertz CT molecular complexity index is 876. The monoisotopic (exact) mass is 401 g/mol. The van der Waals surface area contributed by atoms with Crippen LogP contribution in [0.2, 0.25) is 0 Å². The van der Waals surface area contributed by atoms with Crippen LogP contribution in [0.25, 0.3) is 0 Å². The van der Waals surface area contributed by atoms with E-state index in [-0.39, 0.29) is 12.5 Å². The first kappa shape index (κ1) is 19.4. The molecular weight excluding hydrogens is 374 g/mol. The van der Waals surface area contributed by atoms with Gasteiger partial charge in [-0.3, -0.25) is 10.6 Å². The summed E-state index contributed by atoms with van der Waals surface area (Å²) in [6.07, 6.45) is 1.54. The van der Waals surface area contributed by atoms with Crippen LogP contribution in [0, 0.1) is 0 Å². The van der Waals surface area contributed by atoms with E-state index in [4.69, 9.17) is 14.5 Å². The summed E-state index contributed by atoms with van der Waals surface area (Å²) < 4.78 is 12.0. The molecule has 3 heterocycles. The number of benzene rings is 2. The van der Waals surface area contributed by atoms with Crippen molar-refractivity contribution in [3.63, 3.8) is 0 Å². The molecule has 2 aliphatic heterocycles. The minimum atomic E-state index is -0.180. The highest BCUT2D eigenvalue weighted by atomic mass is 16.5. The van der Waals surface area contributed by atoms with Crippen molar-refractivity contribution in [1.29, 1.82) is 0 Å². The van der Waals surface area contributed by atoms with E-state index in [0.717, 1.165) is 24.2 Å². The van der Waals surface area contributed by atoms with Crippen molar-refractivity contribution in [3.8, 4) is 0 Å². The lowest BCUT2D eigenvalue weighted by Gasteiger charge is -2.16. The predicted molar refractivity (Wildman–Crippen MR) is 116 cm³/mol. The molecule has 4 atom stereocenters. The second-order valence-corrected chi connectivity index (χ2v) is 8.02. The van der Waals surface area contributed by atoms with Crippen LogP contribution in [-0.2, 0) is 22.3 Å². The molecule has 5 nitrogen and oxygen atoms in total. The van der Waals surface area contributed by atoms with E-state index in [1.165, 1.54) is 11.1 Å². The summed E-state index contributed by atoms with van der Waals surface area (Å²) >= 11 is 0. The van der Waals surface area contributed by atoms with Crippen molar-refractivity contribution in [2.45, 2.75) is 37.4 Å². The number of rotatable bonds is 6. The molecule has 0 aliphatic carbocycles. The Morgan fingerprint density at radius 1 is 0.633 bits per heavy atom. The van der Waals surface area contributed by atoms with Crippen LogP contribution in [-0.4, -0.2) is 30.3 Å². The van der Waals surface area contributed by atoms with Gasteiger partial charge in [-0.1, -0.05) is 66.7 Å². The summed E-state index contributed by atoms with van der Waals surface area (Å²) in [5, 5.41) is 7.14. The summed E-state index contributed by atoms with van der Waals surface area (Å²) in [6.45, 7) is 1.37. The van der Waals surface area contributed by atoms with Crippen molar-refractivity contribution >= 4 is 0 Å². The van der Waals surface area contributed by atoms with Crippen LogP contribution in [0.5, 0.6) is 0 Å². The van der Waals surface area contributed by atoms with E-state index in [2.05, 4.69) is 59.2 Å². The highest BCUT2D eigenvalue weighted by Gasteiger charge is 2.30. The molecule has 5 rings (SSSR count). The summed E-state index contributed by atoms with van der Waals surface area (Å²) in [5.74, 6) is 0. The van der Waals surface area contributed by atoms with Gasteiger partial charge in [-0.2, -0.15) is 0 Å². The van der Waals surface area contributed by atoms with Gasteiger partial charge in [-0.15, -0.1) is 0 Å². The van der Waals surface area contributed by atoms with Gasteiger partial charge in [-0.25, -0.2) is 4.98 Å². The van der Waals surface area contributed by atoms with Gasteiger partial charge in [-0.05, 0) is 36.1 Å². The Hall–Kier alpha value is -2.57. The molecule has 2 N–H and O–H groups in total. The highest BCUT2D eigenvalue weighted by molar-refractivity contribution is 5.20. The van der Waals surface area contributed by atoms with E-state index >= 15 is 0 Å². The summed E-state index contributed by atoms with van der Waals surface area (Å²) in [6, 6.07) is 27.7. The zero-order chi connectivity index (χ0) is 20.2. The minimum absolute atomic E-state index is 0.180. The van der Waals surface area contributed by atoms with Gasteiger partial charge in [0, 0.05) is 12.1 Å². The first-order chi connectivity index (χ1) is 14.8. The molecule has 3 aromatic rings. The maximum atomic E-state index is 6.01. The van der Waals surface area contributed by atoms with Crippen molar-refractivity contribution < 1.29 is 9.47 Å². The molecule has 2 aliphatic rings. The van der Waals surface area contributed by atoms with Gasteiger partial charge in [0.05, 0.1) is 24.6 Å². The Kier molecular flexibility index (Phi) is 5.86. The van der Waals surface area contributed by atoms with E-state index in [1.54, 1.807) is 0 Å². The summed E-state index contributed by atoms with van der Waals surface area (Å²) in [4.78, 5) is 4.84. The predicted octanol–water partition coefficient (Wildman–Crippen LogP) is 3.54. The number of hydrogen-bond acceptors (Lipinski definition) is 5. The molecule has 2 unspecified atom stereocenters. The first-order valence-electron chi connectivity index (χ1n) is 10.6. The standard InChI is InChI=1S/C25H27N3O2/c1-3-8-18(9-4-1)14-20-16-29-24(26-20)22-12-7-13-23(28-22)25-27-21(17-30-25)15-19-10-5-2-6-11-19/h1-13,20-21,24-27H,14-17H2/t20-,21-,24?,25?/m1/s1. The zero-order valence-corrected chi connectivity index (χ0v) is 16.9. The quantitative estimate of drug-likeness (QED) is 0.662. The van der Waals surface area contributed by atoms with E-state index < -0.39 is 0 Å². The van der Waals surface area contributed by atoms with Crippen LogP contribution in [0.15, 0.2) is 78.9 Å². The van der Waals surface area contributed by atoms with E-state index in [1.807, 2.05) is 30.3 Å². The van der Waals surface area contributed by atoms with Gasteiger partial charge in [0.15, 0.2) is 12.5 Å². The zero-order valence-electron chi connectivity index (χ0n) is 16.9. The Balaban J connectivity index is 1.20. The number of aromatic nitrogens is 1. The van der Waals surface area contributed by atoms with Crippen LogP contribution in [0.1, 0.15) is 35.0 Å². The largest absolute Gasteiger partial charge is 0.356 e. The number of nitrogens with zero attached hydrogens (tertiary/aromatic N) is 1. The van der Waals surface area contributed by atoms with Gasteiger partial charge in [0.25, 0.3) is 0 Å². The van der Waals surface area contributed by atoms with Crippen LogP contribution in [0.4, 0.5) is 0 Å². The molecular formula is C25H27N3O2. The molecule has 0 radical (unpaired) electrons. The van der Waals surface area contributed by atoms with Gasteiger partial charge in [0.1, 0.15) is 0 Å². The molecule has 0 bridgehead atoms. The smallest absolute Gasteiger partial charge is 0.151 e. The topological polar surface area (TPSA) is 55.4 Å². The Labute approximate surface area is 177 Å². The second kappa shape index (κ2) is 9.06. The normalized spacial score (nSPS) is 26.1. The van der Waals surface area contributed by atoms with Crippen LogP contribution in [0.3, 0.4) is 0 Å². The van der Waals surface area contributed by atoms with Crippen molar-refractivity contribution in [2.75, 3.05) is 13.2 Å². The lowest BCUT2D eigenvalue weighted by molar-refractivity contribution is 0.0890. The maximum Gasteiger partial charge on any atom is 0.151 e. The van der Waals surface area contributed by atoms with Crippen molar-refractivity contribution in [2.24, 2.45) is 0 Å². The summed E-state index contributed by atoms with van der Waals surface area (Å²) in [5.41, 5.74) is 4.43. The molecule has 0 saturated carbocycles. The molecule has 2 saturated heterocycles. The number of pyridine rings is 1. The highest BCUT2D eigenvalue weighted by Crippen LogP contribution is 2.25. The molecule has 0 amide bonds. The van der Waals surface area contributed by atoms with Gasteiger partial charge in [0.2, 0.25) is 0 Å². The average Bonchev–Trinajstić information content (AvgIpc) is 3.45. The fraction of sp³-hybridized carbons (Fsp3) is 0.320. The number of hydrogen-bond donors (Lipinski definition) is 2. The van der Waals surface area contributed by atoms with Crippen molar-refractivity contribution in [3.05, 3.63) is 101 Å². The lowest BCUT2D eigenvalue weighted by Crippen LogP contribution is -2.29. The first-order valence-corrected chi connectivity index (χ1v) is 10.6. The molecule has 1 aromatic heterocycles. The van der Waals surface area contributed by atoms with E-state index in [0.29, 0.717) is 25.3 Å². The molecule has 5 heteroatoms. The third kappa shape index (κ3) is 4.60. The van der Waals surface area contributed by atoms with Gasteiger partial charge >= 0.3 is 0 Å². The molecule has 2 fully saturated rings. The fourth-order valence-electron chi connectivity index (χ4n) is 4.18. The third-order valence-corrected chi connectivity index (χ3v) is 5.68. The molecule has 30 heavy (non-hydrogen) atoms. The number of ether oxygens (including phenoxy) is 2. The van der Waals surface area contributed by atoms with Gasteiger partial charge < -0.3 is 9.47 Å². The summed E-state index contributed by atoms with van der Waals surface area (Å²) in [7, 11) is 0. The fourth-order valence-corrected chi connectivity index (χ4v) is 4.18. The second-order valence-electron chi connectivity index (χ2n) is 8.02. The number of nitrogens with one attached hydrogen (secondary N) is 2. The van der Waals surface area contributed by atoms with Crippen LogP contribution >= 0.6 is 0 Å². The minimum Gasteiger partial charge on any atom is -0.356 e. The average molecular weight is 402 g/mol. The maximum absolute atomic E-state index is 6.01. The van der Waals surface area contributed by atoms with E-state index in [9.17, 15) is 0 Å². The molecule has 154 valence electrons. The lowest BCUT2D eigenvalue weighted by atomic mass is 10.1. The Morgan fingerprint density at radius 2 is 1.10 bits per heavy atom. The third-order valence-electron chi connectivity index (χ3n) is 5.68. The van der Waals surface area contributed by atoms with Crippen molar-refractivity contribution in [1.82, 2.24) is 15.6 Å². The molecule has 0 spiro atoms. The molecule has 2 aromatic carbocycles. The Morgan fingerprint density at radius 3 is 1.57 bits per heavy atom.